The van der Waals surface area contributed by atoms with Crippen molar-refractivity contribution >= 4 is 16.8 Å². The van der Waals surface area contributed by atoms with Crippen molar-refractivity contribution in [3.05, 3.63) is 71.9 Å². The molecule has 22 heavy (non-hydrogen) atoms. The zero-order chi connectivity index (χ0) is 15.4. The lowest BCUT2D eigenvalue weighted by atomic mass is 10.0. The Kier molecular flexibility index (Phi) is 4.21. The summed E-state index contributed by atoms with van der Waals surface area (Å²) in [5, 5.41) is 4.38. The normalized spacial score (nSPS) is 12.4. The van der Waals surface area contributed by atoms with Gasteiger partial charge >= 0.3 is 0 Å². The van der Waals surface area contributed by atoms with Crippen LogP contribution in [-0.4, -0.2) is 16.9 Å². The molecule has 112 valence electrons. The van der Waals surface area contributed by atoms with Crippen LogP contribution in [0.3, 0.4) is 0 Å². The number of benzene rings is 2. The van der Waals surface area contributed by atoms with Crippen LogP contribution >= 0.6 is 0 Å². The summed E-state index contributed by atoms with van der Waals surface area (Å²) in [5.74, 6) is -0.332. The number of fused-ring (bicyclic) bond motifs is 1. The third kappa shape index (κ3) is 3.18. The van der Waals surface area contributed by atoms with Gasteiger partial charge in [0.25, 0.3) is 0 Å². The molecule has 0 spiro atoms. The maximum absolute atomic E-state index is 11.7. The summed E-state index contributed by atoms with van der Waals surface area (Å²) >= 11 is 0. The van der Waals surface area contributed by atoms with E-state index in [1.807, 2.05) is 54.7 Å². The van der Waals surface area contributed by atoms with Crippen molar-refractivity contribution in [2.24, 2.45) is 5.73 Å². The number of nitrogens with one attached hydrogen (secondary N) is 2. The van der Waals surface area contributed by atoms with E-state index in [4.69, 9.17) is 5.73 Å². The van der Waals surface area contributed by atoms with Gasteiger partial charge in [-0.3, -0.25) is 4.79 Å². The maximum atomic E-state index is 11.7. The minimum absolute atomic E-state index is 0.332. The average molecular weight is 293 g/mol. The van der Waals surface area contributed by atoms with E-state index < -0.39 is 0 Å². The molecule has 0 bridgehead atoms. The molecular formula is C18H19N3O. The first-order valence-electron chi connectivity index (χ1n) is 7.35. The zero-order valence-electron chi connectivity index (χ0n) is 12.3. The topological polar surface area (TPSA) is 70.9 Å². The molecule has 1 amide bonds. The molecule has 1 heterocycles. The second-order valence-electron chi connectivity index (χ2n) is 5.39. The highest BCUT2D eigenvalue weighted by Crippen LogP contribution is 2.19. The molecule has 4 nitrogen and oxygen atoms in total. The smallest absolute Gasteiger partial charge is 0.234 e. The van der Waals surface area contributed by atoms with Gasteiger partial charge < -0.3 is 16.0 Å². The van der Waals surface area contributed by atoms with Gasteiger partial charge in [0, 0.05) is 23.6 Å². The number of amides is 1. The van der Waals surface area contributed by atoms with Crippen LogP contribution in [0.4, 0.5) is 0 Å². The van der Waals surface area contributed by atoms with E-state index in [9.17, 15) is 4.79 Å². The second kappa shape index (κ2) is 6.45. The molecular weight excluding hydrogens is 274 g/mol. The Morgan fingerprint density at radius 3 is 2.59 bits per heavy atom. The Morgan fingerprint density at radius 1 is 1.09 bits per heavy atom. The van der Waals surface area contributed by atoms with Gasteiger partial charge in [-0.1, -0.05) is 48.5 Å². The molecule has 0 saturated heterocycles. The summed E-state index contributed by atoms with van der Waals surface area (Å²) in [7, 11) is 0. The summed E-state index contributed by atoms with van der Waals surface area (Å²) in [6.07, 6.45) is 2.52. The summed E-state index contributed by atoms with van der Waals surface area (Å²) in [6, 6.07) is 17.7. The molecule has 0 radical (unpaired) electrons. The molecule has 0 saturated carbocycles. The first-order chi connectivity index (χ1) is 10.7. The van der Waals surface area contributed by atoms with Crippen LogP contribution < -0.4 is 11.1 Å². The second-order valence-corrected chi connectivity index (χ2v) is 5.39. The van der Waals surface area contributed by atoms with Crippen molar-refractivity contribution < 1.29 is 4.79 Å². The zero-order valence-corrected chi connectivity index (χ0v) is 12.3. The lowest BCUT2D eigenvalue weighted by molar-refractivity contribution is -0.120. The minimum Gasteiger partial charge on any atom is -0.368 e. The molecule has 4 heteroatoms. The van der Waals surface area contributed by atoms with E-state index in [1.54, 1.807) is 0 Å². The van der Waals surface area contributed by atoms with Gasteiger partial charge in [0.15, 0.2) is 0 Å². The Morgan fingerprint density at radius 2 is 1.82 bits per heavy atom. The van der Waals surface area contributed by atoms with Crippen LogP contribution in [0.25, 0.3) is 10.9 Å². The van der Waals surface area contributed by atoms with Crippen LogP contribution in [0.5, 0.6) is 0 Å². The molecule has 3 aromatic rings. The van der Waals surface area contributed by atoms with E-state index >= 15 is 0 Å². The molecule has 0 aliphatic heterocycles. The van der Waals surface area contributed by atoms with Crippen molar-refractivity contribution in [1.82, 2.24) is 10.3 Å². The summed E-state index contributed by atoms with van der Waals surface area (Å²) in [6.45, 7) is 0.622. The Labute approximate surface area is 129 Å². The molecule has 1 unspecified atom stereocenters. The van der Waals surface area contributed by atoms with Gasteiger partial charge in [-0.25, -0.2) is 0 Å². The van der Waals surface area contributed by atoms with Crippen LogP contribution in [-0.2, 0) is 17.8 Å². The standard InChI is InChI=1S/C18H19N3O/c19-18(22)17(20-11-13-6-2-1-3-7-13)10-14-12-21-16-9-5-4-8-15(14)16/h1-9,12,17,20-21H,10-11H2,(H2,19,22). The Hall–Kier alpha value is -2.59. The first-order valence-corrected chi connectivity index (χ1v) is 7.35. The summed E-state index contributed by atoms with van der Waals surface area (Å²) < 4.78 is 0. The number of nitrogens with two attached hydrogens (primary N) is 1. The highest BCUT2D eigenvalue weighted by Gasteiger charge is 2.17. The number of rotatable bonds is 6. The van der Waals surface area contributed by atoms with E-state index in [1.165, 1.54) is 0 Å². The quantitative estimate of drug-likeness (QED) is 0.653. The van der Waals surface area contributed by atoms with Crippen molar-refractivity contribution in [2.45, 2.75) is 19.0 Å². The van der Waals surface area contributed by atoms with Crippen molar-refractivity contribution in [2.75, 3.05) is 0 Å². The number of para-hydroxylation sites is 1. The fourth-order valence-electron chi connectivity index (χ4n) is 2.63. The molecule has 1 atom stereocenters. The van der Waals surface area contributed by atoms with Crippen molar-refractivity contribution in [1.29, 1.82) is 0 Å². The highest BCUT2D eigenvalue weighted by molar-refractivity contribution is 5.85. The number of primary amides is 1. The van der Waals surface area contributed by atoms with E-state index in [2.05, 4.69) is 16.4 Å². The number of aromatic amines is 1. The van der Waals surface area contributed by atoms with Gasteiger partial charge in [0.05, 0.1) is 6.04 Å². The van der Waals surface area contributed by atoms with Crippen molar-refractivity contribution in [3.63, 3.8) is 0 Å². The predicted octanol–water partition coefficient (Wildman–Crippen LogP) is 2.35. The van der Waals surface area contributed by atoms with Crippen molar-refractivity contribution in [3.8, 4) is 0 Å². The van der Waals surface area contributed by atoms with Gasteiger partial charge in [0.2, 0.25) is 5.91 Å². The molecule has 2 aromatic carbocycles. The molecule has 4 N–H and O–H groups in total. The van der Waals surface area contributed by atoms with Crippen LogP contribution in [0, 0.1) is 0 Å². The minimum atomic E-state index is -0.389. The van der Waals surface area contributed by atoms with Crippen LogP contribution in [0.1, 0.15) is 11.1 Å². The van der Waals surface area contributed by atoms with Crippen LogP contribution in [0.15, 0.2) is 60.8 Å². The Bertz CT molecular complexity index is 764. The fourth-order valence-corrected chi connectivity index (χ4v) is 2.63. The van der Waals surface area contributed by atoms with E-state index in [0.29, 0.717) is 13.0 Å². The number of aromatic nitrogens is 1. The highest BCUT2D eigenvalue weighted by atomic mass is 16.1. The van der Waals surface area contributed by atoms with Gasteiger partial charge in [-0.2, -0.15) is 0 Å². The number of H-pyrrole nitrogens is 1. The van der Waals surface area contributed by atoms with E-state index in [-0.39, 0.29) is 11.9 Å². The summed E-state index contributed by atoms with van der Waals surface area (Å²) in [5.41, 5.74) is 8.85. The predicted molar refractivity (Wildman–Crippen MR) is 88.3 cm³/mol. The SMILES string of the molecule is NC(=O)C(Cc1c[nH]c2ccccc12)NCc1ccccc1. The fraction of sp³-hybridized carbons (Fsp3) is 0.167. The Balaban J connectivity index is 1.73. The largest absolute Gasteiger partial charge is 0.368 e. The number of carbonyl (C=O) groups excluding carboxylic acids is 1. The molecule has 0 aliphatic carbocycles. The van der Waals surface area contributed by atoms with E-state index in [0.717, 1.165) is 22.0 Å². The van der Waals surface area contributed by atoms with Gasteiger partial charge in [-0.05, 0) is 23.6 Å². The third-order valence-electron chi connectivity index (χ3n) is 3.84. The molecule has 0 fully saturated rings. The molecule has 3 rings (SSSR count). The van der Waals surface area contributed by atoms with Gasteiger partial charge in [-0.15, -0.1) is 0 Å². The average Bonchev–Trinajstić information content (AvgIpc) is 2.95. The lowest BCUT2D eigenvalue weighted by Crippen LogP contribution is -2.42. The molecule has 0 aliphatic rings. The maximum Gasteiger partial charge on any atom is 0.234 e. The number of carbonyl (C=O) groups is 1. The summed E-state index contributed by atoms with van der Waals surface area (Å²) in [4.78, 5) is 15.0. The molecule has 1 aromatic heterocycles. The first kappa shape index (κ1) is 14.4. The number of hydrogen-bond donors (Lipinski definition) is 3. The van der Waals surface area contributed by atoms with Gasteiger partial charge in [0.1, 0.15) is 0 Å². The van der Waals surface area contributed by atoms with Crippen LogP contribution in [0.2, 0.25) is 0 Å². The monoisotopic (exact) mass is 293 g/mol. The lowest BCUT2D eigenvalue weighted by Gasteiger charge is -2.15. The third-order valence-corrected chi connectivity index (χ3v) is 3.84. The number of hydrogen-bond acceptors (Lipinski definition) is 2.